The number of fused-ring (bicyclic) bond motifs is 1. The molecule has 7 heteroatoms. The van der Waals surface area contributed by atoms with Gasteiger partial charge in [-0.15, -0.1) is 0 Å². The van der Waals surface area contributed by atoms with Crippen LogP contribution >= 0.6 is 0 Å². The van der Waals surface area contributed by atoms with Crippen molar-refractivity contribution in [2.75, 3.05) is 14.2 Å². The molecule has 1 unspecified atom stereocenters. The Balaban J connectivity index is 1.69. The van der Waals surface area contributed by atoms with E-state index in [2.05, 4.69) is 5.32 Å². The maximum atomic E-state index is 12.6. The average molecular weight is 454 g/mol. The normalized spacial score (nSPS) is 12.0. The highest BCUT2D eigenvalue weighted by molar-refractivity contribution is 5.83. The van der Waals surface area contributed by atoms with Gasteiger partial charge in [-0.25, -0.2) is 4.79 Å². The Morgan fingerprint density at radius 1 is 1.03 bits per heavy atom. The molecule has 1 amide bonds. The van der Waals surface area contributed by atoms with E-state index in [0.717, 1.165) is 16.5 Å². The zero-order valence-electron chi connectivity index (χ0n) is 20.0. The Hall–Kier alpha value is -3.48. The number of aryl methyl sites for hydroxylation is 1. The minimum Gasteiger partial charge on any atom is -0.497 e. The first kappa shape index (κ1) is 24.2. The first-order valence-electron chi connectivity index (χ1n) is 11.0. The topological polar surface area (TPSA) is 87.0 Å². The molecule has 3 aromatic rings. The molecule has 1 atom stereocenters. The van der Waals surface area contributed by atoms with E-state index in [0.29, 0.717) is 34.8 Å². The molecule has 0 aliphatic heterocycles. The number of ether oxygens (including phenoxy) is 3. The largest absolute Gasteiger partial charge is 0.497 e. The molecule has 0 aliphatic carbocycles. The monoisotopic (exact) mass is 453 g/mol. The van der Waals surface area contributed by atoms with E-state index in [1.54, 1.807) is 20.3 Å². The Labute approximate surface area is 193 Å². The molecule has 0 radical (unpaired) electrons. The molecule has 0 fully saturated rings. The van der Waals surface area contributed by atoms with Gasteiger partial charge in [-0.1, -0.05) is 6.07 Å². The summed E-state index contributed by atoms with van der Waals surface area (Å²) in [7, 11) is 3.15. The highest BCUT2D eigenvalue weighted by atomic mass is 16.5. The lowest BCUT2D eigenvalue weighted by molar-refractivity contribution is -0.121. The second-order valence-corrected chi connectivity index (χ2v) is 8.22. The fourth-order valence-corrected chi connectivity index (χ4v) is 3.73. The first-order chi connectivity index (χ1) is 15.7. The molecular formula is C26H31NO6. The number of hydrogen-bond donors (Lipinski definition) is 1. The fourth-order valence-electron chi connectivity index (χ4n) is 3.73. The van der Waals surface area contributed by atoms with E-state index in [1.165, 1.54) is 0 Å². The molecule has 33 heavy (non-hydrogen) atoms. The molecule has 0 aliphatic rings. The van der Waals surface area contributed by atoms with E-state index < -0.39 is 5.63 Å². The maximum Gasteiger partial charge on any atom is 0.339 e. The lowest BCUT2D eigenvalue weighted by atomic mass is 10.0. The van der Waals surface area contributed by atoms with Crippen LogP contribution in [0.5, 0.6) is 17.2 Å². The predicted octanol–water partition coefficient (Wildman–Crippen LogP) is 4.72. The summed E-state index contributed by atoms with van der Waals surface area (Å²) in [6, 6.07) is 10.7. The molecule has 0 saturated carbocycles. The van der Waals surface area contributed by atoms with Crippen molar-refractivity contribution in [3.05, 3.63) is 63.5 Å². The van der Waals surface area contributed by atoms with Crippen LogP contribution in [0.2, 0.25) is 0 Å². The van der Waals surface area contributed by atoms with Gasteiger partial charge >= 0.3 is 5.63 Å². The van der Waals surface area contributed by atoms with Crippen molar-refractivity contribution < 1.29 is 23.4 Å². The van der Waals surface area contributed by atoms with Gasteiger partial charge in [-0.2, -0.15) is 0 Å². The molecule has 0 spiro atoms. The minimum atomic E-state index is -0.431. The summed E-state index contributed by atoms with van der Waals surface area (Å²) >= 11 is 0. The zero-order chi connectivity index (χ0) is 24.1. The molecule has 2 aromatic carbocycles. The summed E-state index contributed by atoms with van der Waals surface area (Å²) in [4.78, 5) is 25.1. The van der Waals surface area contributed by atoms with Crippen molar-refractivity contribution in [1.82, 2.24) is 5.32 Å². The van der Waals surface area contributed by atoms with Crippen LogP contribution in [0, 0.1) is 6.92 Å². The predicted molar refractivity (Wildman–Crippen MR) is 127 cm³/mol. The van der Waals surface area contributed by atoms with E-state index in [1.807, 2.05) is 58.0 Å². The molecule has 0 bridgehead atoms. The molecule has 176 valence electrons. The van der Waals surface area contributed by atoms with Crippen LogP contribution < -0.4 is 25.2 Å². The van der Waals surface area contributed by atoms with Crippen LogP contribution in [-0.2, 0) is 11.2 Å². The minimum absolute atomic E-state index is 0.0279. The van der Waals surface area contributed by atoms with Crippen molar-refractivity contribution in [1.29, 1.82) is 0 Å². The number of carbonyl (C=O) groups excluding carboxylic acids is 1. The smallest absolute Gasteiger partial charge is 0.339 e. The van der Waals surface area contributed by atoms with Crippen molar-refractivity contribution >= 4 is 16.9 Å². The molecule has 1 N–H and O–H groups in total. The molecule has 0 saturated heterocycles. The summed E-state index contributed by atoms with van der Waals surface area (Å²) in [5, 5.41) is 3.81. The van der Waals surface area contributed by atoms with Crippen LogP contribution in [0.25, 0.3) is 11.0 Å². The van der Waals surface area contributed by atoms with Crippen molar-refractivity contribution in [3.8, 4) is 17.2 Å². The maximum absolute atomic E-state index is 12.6. The van der Waals surface area contributed by atoms with Gasteiger partial charge in [0.2, 0.25) is 5.91 Å². The first-order valence-corrected chi connectivity index (χ1v) is 11.0. The second-order valence-electron chi connectivity index (χ2n) is 8.22. The van der Waals surface area contributed by atoms with E-state index in [9.17, 15) is 9.59 Å². The van der Waals surface area contributed by atoms with E-state index >= 15 is 0 Å². The Kier molecular flexibility index (Phi) is 7.63. The third kappa shape index (κ3) is 5.66. The summed E-state index contributed by atoms with van der Waals surface area (Å²) in [5.74, 6) is 1.73. The molecule has 7 nitrogen and oxygen atoms in total. The average Bonchev–Trinajstić information content (AvgIpc) is 2.78. The summed E-state index contributed by atoms with van der Waals surface area (Å²) in [6.45, 7) is 7.67. The molecule has 1 heterocycles. The third-order valence-corrected chi connectivity index (χ3v) is 5.52. The van der Waals surface area contributed by atoms with Crippen molar-refractivity contribution in [2.24, 2.45) is 0 Å². The summed E-state index contributed by atoms with van der Waals surface area (Å²) < 4.78 is 21.8. The van der Waals surface area contributed by atoms with E-state index in [4.69, 9.17) is 18.6 Å². The summed E-state index contributed by atoms with van der Waals surface area (Å²) in [6.07, 6.45) is 0.489. The molecular weight excluding hydrogens is 422 g/mol. The second kappa shape index (κ2) is 10.4. The van der Waals surface area contributed by atoms with Crippen LogP contribution in [0.4, 0.5) is 0 Å². The SMILES string of the molecule is COc1ccc2c(C)c(CCC(=O)NC(C)c3ccc(OC(C)C)c(OC)c3)c(=O)oc2c1. The quantitative estimate of drug-likeness (QED) is 0.472. The van der Waals surface area contributed by atoms with Crippen LogP contribution in [0.1, 0.15) is 49.9 Å². The summed E-state index contributed by atoms with van der Waals surface area (Å²) in [5.41, 5.74) is 2.26. The fraction of sp³-hybridized carbons (Fsp3) is 0.385. The Morgan fingerprint density at radius 2 is 1.79 bits per heavy atom. The standard InChI is InChI=1S/C26H31NO6/c1-15(2)32-22-11-7-18(13-24(22)31-6)17(4)27-25(28)12-10-21-16(3)20-9-8-19(30-5)14-23(20)33-26(21)29/h7-9,11,13-15,17H,10,12H2,1-6H3,(H,27,28). The highest BCUT2D eigenvalue weighted by Gasteiger charge is 2.16. The number of rotatable bonds is 9. The zero-order valence-corrected chi connectivity index (χ0v) is 20.0. The van der Waals surface area contributed by atoms with E-state index in [-0.39, 0.29) is 24.5 Å². The lowest BCUT2D eigenvalue weighted by Gasteiger charge is -2.18. The number of nitrogens with one attached hydrogen (secondary N) is 1. The van der Waals surface area contributed by atoms with Gasteiger partial charge in [0, 0.05) is 23.4 Å². The van der Waals surface area contributed by atoms with Crippen LogP contribution in [-0.4, -0.2) is 26.2 Å². The van der Waals surface area contributed by atoms with Gasteiger partial charge in [-0.3, -0.25) is 4.79 Å². The Morgan fingerprint density at radius 3 is 2.45 bits per heavy atom. The van der Waals surface area contributed by atoms with Gasteiger partial charge < -0.3 is 23.9 Å². The molecule has 3 rings (SSSR count). The van der Waals surface area contributed by atoms with Crippen molar-refractivity contribution in [2.45, 2.75) is 52.7 Å². The number of benzene rings is 2. The van der Waals surface area contributed by atoms with Crippen LogP contribution in [0.15, 0.2) is 45.6 Å². The van der Waals surface area contributed by atoms with Gasteiger partial charge in [0.05, 0.1) is 26.4 Å². The van der Waals surface area contributed by atoms with Gasteiger partial charge in [0.1, 0.15) is 11.3 Å². The number of methoxy groups -OCH3 is 2. The Bertz CT molecular complexity index is 1200. The molecule has 1 aromatic heterocycles. The van der Waals surface area contributed by atoms with Gasteiger partial charge in [0.25, 0.3) is 0 Å². The number of amides is 1. The number of hydrogen-bond acceptors (Lipinski definition) is 6. The van der Waals surface area contributed by atoms with Crippen molar-refractivity contribution in [3.63, 3.8) is 0 Å². The lowest BCUT2D eigenvalue weighted by Crippen LogP contribution is -2.27. The third-order valence-electron chi connectivity index (χ3n) is 5.52. The highest BCUT2D eigenvalue weighted by Crippen LogP contribution is 2.31. The van der Waals surface area contributed by atoms with Gasteiger partial charge in [-0.05, 0) is 69.5 Å². The van der Waals surface area contributed by atoms with Crippen LogP contribution in [0.3, 0.4) is 0 Å². The number of carbonyl (C=O) groups is 1. The van der Waals surface area contributed by atoms with Gasteiger partial charge in [0.15, 0.2) is 11.5 Å².